The van der Waals surface area contributed by atoms with Crippen LogP contribution in [0.2, 0.25) is 0 Å². The molecule has 0 aliphatic carbocycles. The van der Waals surface area contributed by atoms with E-state index in [0.717, 1.165) is 23.8 Å². The highest BCUT2D eigenvalue weighted by Crippen LogP contribution is 2.34. The van der Waals surface area contributed by atoms with Crippen LogP contribution in [0.5, 0.6) is 0 Å². The zero-order valence-corrected chi connectivity index (χ0v) is 12.2. The molecule has 0 radical (unpaired) electrons. The van der Waals surface area contributed by atoms with E-state index in [2.05, 4.69) is 12.2 Å². The fraction of sp³-hybridized carbons (Fsp3) is 0.333. The van der Waals surface area contributed by atoms with E-state index in [4.69, 9.17) is 0 Å². The van der Waals surface area contributed by atoms with Crippen molar-refractivity contribution in [3.05, 3.63) is 46.6 Å². The van der Waals surface area contributed by atoms with Crippen LogP contribution < -0.4 is 5.32 Å². The molecule has 0 saturated carbocycles. The van der Waals surface area contributed by atoms with Gasteiger partial charge in [0, 0.05) is 27.4 Å². The van der Waals surface area contributed by atoms with Gasteiger partial charge in [-0.2, -0.15) is 0 Å². The molecular formula is C15H16F3NS. The minimum Gasteiger partial charge on any atom is -0.312 e. The summed E-state index contributed by atoms with van der Waals surface area (Å²) in [6.07, 6.45) is 2.00. The molecule has 0 bridgehead atoms. The van der Waals surface area contributed by atoms with Crippen LogP contribution in [0.25, 0.3) is 10.4 Å². The van der Waals surface area contributed by atoms with Gasteiger partial charge in [0.25, 0.3) is 0 Å². The smallest absolute Gasteiger partial charge is 0.161 e. The Morgan fingerprint density at radius 3 is 2.45 bits per heavy atom. The van der Waals surface area contributed by atoms with Gasteiger partial charge >= 0.3 is 0 Å². The molecule has 1 aromatic carbocycles. The van der Waals surface area contributed by atoms with Crippen molar-refractivity contribution in [1.82, 2.24) is 5.32 Å². The summed E-state index contributed by atoms with van der Waals surface area (Å²) in [7, 11) is 1.87. The Kier molecular flexibility index (Phi) is 4.83. The van der Waals surface area contributed by atoms with E-state index < -0.39 is 17.5 Å². The van der Waals surface area contributed by atoms with Crippen molar-refractivity contribution in [3.63, 3.8) is 0 Å². The van der Waals surface area contributed by atoms with Gasteiger partial charge < -0.3 is 5.32 Å². The van der Waals surface area contributed by atoms with Crippen molar-refractivity contribution in [2.75, 3.05) is 7.05 Å². The Morgan fingerprint density at radius 2 is 1.80 bits per heavy atom. The summed E-state index contributed by atoms with van der Waals surface area (Å²) >= 11 is 1.40. The quantitative estimate of drug-likeness (QED) is 0.775. The zero-order chi connectivity index (χ0) is 14.7. The molecule has 1 heterocycles. The normalized spacial score (nSPS) is 12.7. The predicted molar refractivity (Wildman–Crippen MR) is 76.3 cm³/mol. The van der Waals surface area contributed by atoms with E-state index in [9.17, 15) is 13.2 Å². The van der Waals surface area contributed by atoms with E-state index in [0.29, 0.717) is 10.9 Å². The van der Waals surface area contributed by atoms with Gasteiger partial charge in [0.05, 0.1) is 0 Å². The molecule has 1 unspecified atom stereocenters. The molecule has 5 heteroatoms. The SMILES string of the molecule is CCCC(NC)c1ccc(-c2cc(F)c(F)cc2F)s1. The van der Waals surface area contributed by atoms with E-state index in [-0.39, 0.29) is 11.6 Å². The molecule has 1 nitrogen and oxygen atoms in total. The average molecular weight is 299 g/mol. The lowest BCUT2D eigenvalue weighted by molar-refractivity contribution is 0.496. The summed E-state index contributed by atoms with van der Waals surface area (Å²) < 4.78 is 39.9. The first-order valence-corrected chi connectivity index (χ1v) is 7.30. The lowest BCUT2D eigenvalue weighted by Gasteiger charge is -2.12. The first-order chi connectivity index (χ1) is 9.56. The van der Waals surface area contributed by atoms with E-state index >= 15 is 0 Å². The first kappa shape index (κ1) is 15.1. The van der Waals surface area contributed by atoms with Crippen LogP contribution in [0.4, 0.5) is 13.2 Å². The summed E-state index contributed by atoms with van der Waals surface area (Å²) in [6, 6.07) is 5.35. The minimum absolute atomic E-state index is 0.103. The number of halogens is 3. The third-order valence-electron chi connectivity index (χ3n) is 3.17. The zero-order valence-electron chi connectivity index (χ0n) is 11.3. The summed E-state index contributed by atoms with van der Waals surface area (Å²) in [4.78, 5) is 1.67. The van der Waals surface area contributed by atoms with Crippen LogP contribution >= 0.6 is 11.3 Å². The summed E-state index contributed by atoms with van der Waals surface area (Å²) in [6.45, 7) is 2.09. The molecular weight excluding hydrogens is 283 g/mol. The predicted octanol–water partition coefficient (Wildman–Crippen LogP) is 4.89. The van der Waals surface area contributed by atoms with E-state index in [1.54, 1.807) is 6.07 Å². The molecule has 108 valence electrons. The number of rotatable bonds is 5. The Labute approximate surface area is 120 Å². The van der Waals surface area contributed by atoms with E-state index in [1.165, 1.54) is 11.3 Å². The van der Waals surface area contributed by atoms with Crippen molar-refractivity contribution in [1.29, 1.82) is 0 Å². The summed E-state index contributed by atoms with van der Waals surface area (Å²) in [5, 5.41) is 3.20. The standard InChI is InChI=1S/C15H16F3NS/c1-3-4-13(19-2)15-6-5-14(20-15)9-7-11(17)12(18)8-10(9)16/h5-8,13,19H,3-4H2,1-2H3. The third kappa shape index (κ3) is 3.04. The van der Waals surface area contributed by atoms with Crippen LogP contribution in [0, 0.1) is 17.5 Å². The van der Waals surface area contributed by atoms with Gasteiger partial charge in [0.2, 0.25) is 0 Å². The fourth-order valence-electron chi connectivity index (χ4n) is 2.11. The first-order valence-electron chi connectivity index (χ1n) is 6.48. The summed E-state index contributed by atoms with van der Waals surface area (Å²) in [5.74, 6) is -2.94. The Bertz CT molecular complexity index is 595. The monoisotopic (exact) mass is 299 g/mol. The Morgan fingerprint density at radius 1 is 1.10 bits per heavy atom. The summed E-state index contributed by atoms with van der Waals surface area (Å²) in [5.41, 5.74) is 0.103. The van der Waals surface area contributed by atoms with Gasteiger partial charge in [-0.1, -0.05) is 13.3 Å². The molecule has 1 aromatic heterocycles. The molecule has 1 N–H and O–H groups in total. The van der Waals surface area contributed by atoms with Crippen molar-refractivity contribution in [2.45, 2.75) is 25.8 Å². The third-order valence-corrected chi connectivity index (χ3v) is 4.40. The maximum atomic E-state index is 13.7. The molecule has 2 rings (SSSR count). The van der Waals surface area contributed by atoms with Gasteiger partial charge in [0.15, 0.2) is 11.6 Å². The van der Waals surface area contributed by atoms with E-state index in [1.807, 2.05) is 13.1 Å². The van der Waals surface area contributed by atoms with Gasteiger partial charge in [-0.15, -0.1) is 11.3 Å². The van der Waals surface area contributed by atoms with Crippen LogP contribution in [-0.2, 0) is 0 Å². The second-order valence-corrected chi connectivity index (χ2v) is 5.69. The highest BCUT2D eigenvalue weighted by molar-refractivity contribution is 7.15. The number of thiophene rings is 1. The molecule has 0 saturated heterocycles. The molecule has 0 amide bonds. The maximum absolute atomic E-state index is 13.7. The lowest BCUT2D eigenvalue weighted by Crippen LogP contribution is -2.14. The van der Waals surface area contributed by atoms with Crippen LogP contribution in [0.1, 0.15) is 30.7 Å². The largest absolute Gasteiger partial charge is 0.312 e. The molecule has 0 fully saturated rings. The Balaban J connectivity index is 2.35. The van der Waals surface area contributed by atoms with Gasteiger partial charge in [-0.3, -0.25) is 0 Å². The van der Waals surface area contributed by atoms with Gasteiger partial charge in [-0.05, 0) is 31.7 Å². The second kappa shape index (κ2) is 6.41. The highest BCUT2D eigenvalue weighted by Gasteiger charge is 2.16. The number of nitrogens with one attached hydrogen (secondary N) is 1. The highest BCUT2D eigenvalue weighted by atomic mass is 32.1. The van der Waals surface area contributed by atoms with Crippen LogP contribution in [0.3, 0.4) is 0 Å². The lowest BCUT2D eigenvalue weighted by atomic mass is 10.1. The fourth-order valence-corrected chi connectivity index (χ4v) is 3.28. The molecule has 0 aliphatic rings. The maximum Gasteiger partial charge on any atom is 0.161 e. The minimum atomic E-state index is -1.16. The van der Waals surface area contributed by atoms with Crippen LogP contribution in [0.15, 0.2) is 24.3 Å². The van der Waals surface area contributed by atoms with Crippen molar-refractivity contribution >= 4 is 11.3 Å². The molecule has 20 heavy (non-hydrogen) atoms. The average Bonchev–Trinajstić information content (AvgIpc) is 2.89. The Hall–Kier alpha value is -1.33. The molecule has 0 spiro atoms. The number of hydrogen-bond donors (Lipinski definition) is 1. The molecule has 0 aliphatic heterocycles. The number of hydrogen-bond acceptors (Lipinski definition) is 2. The van der Waals surface area contributed by atoms with Crippen molar-refractivity contribution < 1.29 is 13.2 Å². The topological polar surface area (TPSA) is 12.0 Å². The van der Waals surface area contributed by atoms with Crippen LogP contribution in [-0.4, -0.2) is 7.05 Å². The van der Waals surface area contributed by atoms with Crippen molar-refractivity contribution in [2.24, 2.45) is 0 Å². The molecule has 1 atom stereocenters. The van der Waals surface area contributed by atoms with Crippen molar-refractivity contribution in [3.8, 4) is 10.4 Å². The second-order valence-electron chi connectivity index (χ2n) is 4.58. The number of benzene rings is 1. The van der Waals surface area contributed by atoms with Gasteiger partial charge in [-0.25, -0.2) is 13.2 Å². The van der Waals surface area contributed by atoms with Gasteiger partial charge in [0.1, 0.15) is 5.82 Å². The molecule has 2 aromatic rings.